The van der Waals surface area contributed by atoms with E-state index in [1.54, 1.807) is 24.3 Å². The predicted molar refractivity (Wildman–Crippen MR) is 109 cm³/mol. The van der Waals surface area contributed by atoms with E-state index in [-0.39, 0.29) is 12.0 Å². The van der Waals surface area contributed by atoms with Gasteiger partial charge in [-0.1, -0.05) is 11.6 Å². The number of amides is 1. The van der Waals surface area contributed by atoms with Gasteiger partial charge in [0.15, 0.2) is 5.82 Å². The summed E-state index contributed by atoms with van der Waals surface area (Å²) in [6, 6.07) is 10.9. The second kappa shape index (κ2) is 8.75. The Balaban J connectivity index is 1.28. The second-order valence-electron chi connectivity index (χ2n) is 7.08. The Bertz CT molecular complexity index is 785. The molecule has 8 heteroatoms. The van der Waals surface area contributed by atoms with E-state index in [0.29, 0.717) is 23.7 Å². The highest BCUT2D eigenvalue weighted by molar-refractivity contribution is 6.30. The molecule has 1 unspecified atom stereocenters. The number of nitrogens with zero attached hydrogens (tertiary/aromatic N) is 4. The molecule has 2 aliphatic rings. The van der Waals surface area contributed by atoms with Gasteiger partial charge in [0.2, 0.25) is 0 Å². The first kappa shape index (κ1) is 19.0. The summed E-state index contributed by atoms with van der Waals surface area (Å²) in [4.78, 5) is 16.6. The normalized spacial score (nSPS) is 19.7. The number of anilines is 2. The average Bonchev–Trinajstić information content (AvgIpc) is 3.27. The molecular weight excluding hydrogens is 378 g/mol. The van der Waals surface area contributed by atoms with E-state index in [2.05, 4.69) is 20.4 Å². The molecular formula is C20H24ClN5O2. The molecule has 0 aliphatic carbocycles. The third-order valence-electron chi connectivity index (χ3n) is 5.17. The molecule has 3 heterocycles. The summed E-state index contributed by atoms with van der Waals surface area (Å²) in [7, 11) is 0. The monoisotopic (exact) mass is 401 g/mol. The van der Waals surface area contributed by atoms with Gasteiger partial charge < -0.3 is 19.9 Å². The highest BCUT2D eigenvalue weighted by Gasteiger charge is 2.23. The summed E-state index contributed by atoms with van der Waals surface area (Å²) < 4.78 is 5.60. The van der Waals surface area contributed by atoms with Gasteiger partial charge in [0.1, 0.15) is 5.82 Å². The molecule has 28 heavy (non-hydrogen) atoms. The van der Waals surface area contributed by atoms with Crippen molar-refractivity contribution in [1.82, 2.24) is 15.1 Å². The number of aromatic nitrogens is 2. The summed E-state index contributed by atoms with van der Waals surface area (Å²) in [6.45, 7) is 4.39. The van der Waals surface area contributed by atoms with Gasteiger partial charge in [-0.25, -0.2) is 0 Å². The number of rotatable bonds is 5. The molecule has 7 nitrogen and oxygen atoms in total. The van der Waals surface area contributed by atoms with Crippen molar-refractivity contribution in [3.05, 3.63) is 47.0 Å². The van der Waals surface area contributed by atoms with Crippen LogP contribution in [-0.4, -0.2) is 66.4 Å². The molecule has 4 rings (SSSR count). The Morgan fingerprint density at radius 3 is 2.54 bits per heavy atom. The van der Waals surface area contributed by atoms with Crippen molar-refractivity contribution >= 4 is 29.1 Å². The molecule has 1 N–H and O–H groups in total. The molecule has 1 aromatic carbocycles. The van der Waals surface area contributed by atoms with Crippen LogP contribution in [0.1, 0.15) is 23.2 Å². The minimum absolute atomic E-state index is 0.0380. The zero-order valence-electron chi connectivity index (χ0n) is 15.7. The van der Waals surface area contributed by atoms with Crippen molar-refractivity contribution in [3.8, 4) is 0 Å². The fraction of sp³-hybridized carbons (Fsp3) is 0.450. The van der Waals surface area contributed by atoms with Crippen molar-refractivity contribution in [2.24, 2.45) is 0 Å². The maximum Gasteiger partial charge on any atom is 0.253 e. The fourth-order valence-corrected chi connectivity index (χ4v) is 3.65. The molecule has 2 aliphatic heterocycles. The number of nitrogens with one attached hydrogen (secondary N) is 1. The fourth-order valence-electron chi connectivity index (χ4n) is 3.53. The highest BCUT2D eigenvalue weighted by atomic mass is 35.5. The van der Waals surface area contributed by atoms with E-state index in [0.717, 1.165) is 50.7 Å². The van der Waals surface area contributed by atoms with Gasteiger partial charge in [-0.3, -0.25) is 4.79 Å². The third kappa shape index (κ3) is 4.54. The van der Waals surface area contributed by atoms with Gasteiger partial charge in [0.25, 0.3) is 5.91 Å². The maximum atomic E-state index is 12.6. The van der Waals surface area contributed by atoms with Crippen molar-refractivity contribution in [3.63, 3.8) is 0 Å². The molecule has 1 atom stereocenters. The van der Waals surface area contributed by atoms with Gasteiger partial charge >= 0.3 is 0 Å². The number of hydrogen-bond donors (Lipinski definition) is 1. The number of ether oxygens (including phenoxy) is 1. The molecule has 1 aromatic heterocycles. The minimum Gasteiger partial charge on any atom is -0.376 e. The zero-order chi connectivity index (χ0) is 19.3. The Morgan fingerprint density at radius 2 is 1.89 bits per heavy atom. The number of carbonyl (C=O) groups excluding carboxylic acids is 1. The van der Waals surface area contributed by atoms with E-state index < -0.39 is 0 Å². The molecule has 2 saturated heterocycles. The summed E-state index contributed by atoms with van der Waals surface area (Å²) in [5.74, 6) is 1.63. The Morgan fingerprint density at radius 1 is 1.11 bits per heavy atom. The number of halogens is 1. The highest BCUT2D eigenvalue weighted by Crippen LogP contribution is 2.18. The first-order chi connectivity index (χ1) is 13.7. The van der Waals surface area contributed by atoms with Crippen LogP contribution in [0.5, 0.6) is 0 Å². The van der Waals surface area contributed by atoms with Gasteiger partial charge in [0, 0.05) is 49.9 Å². The van der Waals surface area contributed by atoms with Crippen LogP contribution in [0.4, 0.5) is 11.6 Å². The average molecular weight is 402 g/mol. The SMILES string of the molecule is O=C(c1ccc(Cl)cc1)N1CCN(c2ccc(NCC3CCCO3)nn2)CC1. The van der Waals surface area contributed by atoms with Crippen molar-refractivity contribution in [2.45, 2.75) is 18.9 Å². The Labute approximate surface area is 169 Å². The standard InChI is InChI=1S/C20H24ClN5O2/c21-16-5-3-15(4-6-16)20(27)26-11-9-25(10-12-26)19-8-7-18(23-24-19)22-14-17-2-1-13-28-17/h3-8,17H,1-2,9-14H2,(H,22,23). The van der Waals surface area contributed by atoms with Crippen LogP contribution in [0.2, 0.25) is 5.02 Å². The first-order valence-corrected chi connectivity index (χ1v) is 10.1. The topological polar surface area (TPSA) is 70.6 Å². The second-order valence-corrected chi connectivity index (χ2v) is 7.52. The van der Waals surface area contributed by atoms with Crippen molar-refractivity contribution in [1.29, 1.82) is 0 Å². The van der Waals surface area contributed by atoms with Crippen LogP contribution in [0.25, 0.3) is 0 Å². The lowest BCUT2D eigenvalue weighted by Gasteiger charge is -2.35. The molecule has 0 bridgehead atoms. The van der Waals surface area contributed by atoms with Gasteiger partial charge in [0.05, 0.1) is 6.10 Å². The van der Waals surface area contributed by atoms with Crippen LogP contribution in [-0.2, 0) is 4.74 Å². The third-order valence-corrected chi connectivity index (χ3v) is 5.42. The van der Waals surface area contributed by atoms with Crippen LogP contribution in [0.3, 0.4) is 0 Å². The Hall–Kier alpha value is -2.38. The molecule has 2 aromatic rings. The van der Waals surface area contributed by atoms with Crippen molar-refractivity contribution < 1.29 is 9.53 Å². The largest absolute Gasteiger partial charge is 0.376 e. The predicted octanol–water partition coefficient (Wildman–Crippen LogP) is 2.68. The van der Waals surface area contributed by atoms with E-state index >= 15 is 0 Å². The molecule has 0 radical (unpaired) electrons. The summed E-state index contributed by atoms with van der Waals surface area (Å²) in [5, 5.41) is 12.5. The first-order valence-electron chi connectivity index (χ1n) is 9.68. The number of piperazine rings is 1. The summed E-state index contributed by atoms with van der Waals surface area (Å²) in [6.07, 6.45) is 2.49. The molecule has 0 spiro atoms. The molecule has 0 saturated carbocycles. The maximum absolute atomic E-state index is 12.6. The lowest BCUT2D eigenvalue weighted by Crippen LogP contribution is -2.49. The minimum atomic E-state index is 0.0380. The number of carbonyl (C=O) groups is 1. The number of benzene rings is 1. The lowest BCUT2D eigenvalue weighted by molar-refractivity contribution is 0.0746. The number of hydrogen-bond acceptors (Lipinski definition) is 6. The summed E-state index contributed by atoms with van der Waals surface area (Å²) >= 11 is 5.90. The van der Waals surface area contributed by atoms with Gasteiger partial charge in [-0.15, -0.1) is 10.2 Å². The quantitative estimate of drug-likeness (QED) is 0.830. The van der Waals surface area contributed by atoms with E-state index in [1.807, 2.05) is 17.0 Å². The zero-order valence-corrected chi connectivity index (χ0v) is 16.4. The van der Waals surface area contributed by atoms with E-state index in [1.165, 1.54) is 0 Å². The van der Waals surface area contributed by atoms with E-state index in [4.69, 9.17) is 16.3 Å². The van der Waals surface area contributed by atoms with E-state index in [9.17, 15) is 4.79 Å². The van der Waals surface area contributed by atoms with Crippen LogP contribution in [0.15, 0.2) is 36.4 Å². The van der Waals surface area contributed by atoms with Crippen LogP contribution >= 0.6 is 11.6 Å². The summed E-state index contributed by atoms with van der Waals surface area (Å²) in [5.41, 5.74) is 0.666. The molecule has 148 valence electrons. The smallest absolute Gasteiger partial charge is 0.253 e. The van der Waals surface area contributed by atoms with Crippen LogP contribution < -0.4 is 10.2 Å². The molecule has 1 amide bonds. The van der Waals surface area contributed by atoms with Crippen molar-refractivity contribution in [2.75, 3.05) is 49.5 Å². The van der Waals surface area contributed by atoms with Gasteiger partial charge in [-0.2, -0.15) is 0 Å². The van der Waals surface area contributed by atoms with Crippen LogP contribution in [0, 0.1) is 0 Å². The van der Waals surface area contributed by atoms with Gasteiger partial charge in [-0.05, 0) is 49.2 Å². The lowest BCUT2D eigenvalue weighted by atomic mass is 10.2. The molecule has 2 fully saturated rings. The Kier molecular flexibility index (Phi) is 5.92.